The third-order valence-electron chi connectivity index (χ3n) is 3.93. The molecule has 0 saturated carbocycles. The largest absolute Gasteiger partial charge is 0.493 e. The minimum absolute atomic E-state index is 0.235. The molecule has 0 aromatic heterocycles. The van der Waals surface area contributed by atoms with Gasteiger partial charge in [-0.1, -0.05) is 29.3 Å². The number of rotatable bonds is 4. The molecule has 1 saturated heterocycles. The molecule has 0 spiro atoms. The lowest BCUT2D eigenvalue weighted by Gasteiger charge is -2.26. The number of urea groups is 1. The molecule has 2 aromatic rings. The summed E-state index contributed by atoms with van der Waals surface area (Å²) >= 11 is 12.1. The predicted octanol–water partition coefficient (Wildman–Crippen LogP) is 3.68. The summed E-state index contributed by atoms with van der Waals surface area (Å²) in [6.45, 7) is 0. The van der Waals surface area contributed by atoms with Crippen molar-refractivity contribution in [2.24, 2.45) is 0 Å². The van der Waals surface area contributed by atoms with Crippen molar-refractivity contribution >= 4 is 52.8 Å². The van der Waals surface area contributed by atoms with E-state index in [2.05, 4.69) is 5.32 Å². The van der Waals surface area contributed by atoms with Crippen LogP contribution in [0.1, 0.15) is 5.56 Å². The van der Waals surface area contributed by atoms with Crippen LogP contribution in [0.4, 0.5) is 10.5 Å². The third-order valence-corrected chi connectivity index (χ3v) is 4.45. The zero-order valence-electron chi connectivity index (χ0n) is 14.8. The van der Waals surface area contributed by atoms with Crippen molar-refractivity contribution in [3.63, 3.8) is 0 Å². The Balaban J connectivity index is 2.06. The van der Waals surface area contributed by atoms with Crippen LogP contribution in [0.3, 0.4) is 0 Å². The van der Waals surface area contributed by atoms with Crippen molar-refractivity contribution in [3.8, 4) is 11.5 Å². The fourth-order valence-corrected chi connectivity index (χ4v) is 3.18. The Bertz CT molecular complexity index is 1020. The Morgan fingerprint density at radius 1 is 1.04 bits per heavy atom. The average Bonchev–Trinajstić information content (AvgIpc) is 2.64. The van der Waals surface area contributed by atoms with E-state index in [1.165, 1.54) is 38.5 Å². The van der Waals surface area contributed by atoms with Crippen molar-refractivity contribution in [2.45, 2.75) is 0 Å². The first-order chi connectivity index (χ1) is 13.3. The molecule has 9 heteroatoms. The van der Waals surface area contributed by atoms with Crippen LogP contribution in [0.2, 0.25) is 10.0 Å². The van der Waals surface area contributed by atoms with E-state index in [1.54, 1.807) is 18.2 Å². The molecule has 1 aliphatic rings. The number of imide groups is 2. The van der Waals surface area contributed by atoms with E-state index in [4.69, 9.17) is 32.7 Å². The van der Waals surface area contributed by atoms with Gasteiger partial charge in [-0.15, -0.1) is 0 Å². The molecule has 0 bridgehead atoms. The van der Waals surface area contributed by atoms with E-state index in [-0.39, 0.29) is 16.3 Å². The van der Waals surface area contributed by atoms with Crippen molar-refractivity contribution in [3.05, 3.63) is 57.6 Å². The van der Waals surface area contributed by atoms with Crippen LogP contribution in [-0.2, 0) is 9.59 Å². The summed E-state index contributed by atoms with van der Waals surface area (Å²) in [5, 5.41) is 2.72. The van der Waals surface area contributed by atoms with Crippen LogP contribution in [0, 0.1) is 0 Å². The summed E-state index contributed by atoms with van der Waals surface area (Å²) in [6.07, 6.45) is 1.31. The zero-order chi connectivity index (χ0) is 20.4. The fourth-order valence-electron chi connectivity index (χ4n) is 2.70. The second-order valence-corrected chi connectivity index (χ2v) is 6.52. The van der Waals surface area contributed by atoms with Gasteiger partial charge >= 0.3 is 6.03 Å². The number of benzene rings is 2. The van der Waals surface area contributed by atoms with Crippen LogP contribution in [0.5, 0.6) is 11.5 Å². The molecule has 1 heterocycles. The number of amides is 4. The number of anilines is 1. The topological polar surface area (TPSA) is 84.9 Å². The van der Waals surface area contributed by atoms with Gasteiger partial charge in [-0.25, -0.2) is 9.69 Å². The number of hydrogen-bond donors (Lipinski definition) is 1. The first-order valence-corrected chi connectivity index (χ1v) is 8.70. The molecular weight excluding hydrogens is 407 g/mol. The van der Waals surface area contributed by atoms with Gasteiger partial charge in [0.2, 0.25) is 0 Å². The Morgan fingerprint density at radius 2 is 1.79 bits per heavy atom. The number of nitrogens with zero attached hydrogens (tertiary/aromatic N) is 1. The first kappa shape index (κ1) is 19.7. The van der Waals surface area contributed by atoms with Gasteiger partial charge in [0.05, 0.1) is 24.9 Å². The number of carbonyl (C=O) groups excluding carboxylic acids is 3. The molecule has 7 nitrogen and oxygen atoms in total. The summed E-state index contributed by atoms with van der Waals surface area (Å²) in [7, 11) is 2.87. The molecule has 0 unspecified atom stereocenters. The second-order valence-electron chi connectivity index (χ2n) is 5.68. The van der Waals surface area contributed by atoms with Crippen molar-refractivity contribution in [1.82, 2.24) is 5.32 Å². The lowest BCUT2D eigenvalue weighted by Crippen LogP contribution is -2.54. The summed E-state index contributed by atoms with van der Waals surface area (Å²) in [6, 6.07) is 8.37. The number of carbonyl (C=O) groups is 3. The monoisotopic (exact) mass is 420 g/mol. The maximum Gasteiger partial charge on any atom is 0.335 e. The standard InChI is InChI=1S/C19H14Cl2N2O5/c1-27-15-8-10(7-14(21)16(15)28-2)6-13-17(24)22-19(26)23(18(13)25)12-5-3-4-11(20)9-12/h3-9H,1-2H3,(H,22,24,26)/b13-6+. The molecule has 3 rings (SSSR count). The Kier molecular flexibility index (Phi) is 5.58. The molecule has 144 valence electrons. The molecule has 1 fully saturated rings. The van der Waals surface area contributed by atoms with E-state index >= 15 is 0 Å². The number of methoxy groups -OCH3 is 2. The van der Waals surface area contributed by atoms with Gasteiger partial charge in [0, 0.05) is 5.02 Å². The van der Waals surface area contributed by atoms with E-state index in [0.29, 0.717) is 22.1 Å². The summed E-state index contributed by atoms with van der Waals surface area (Å²) in [5.74, 6) is -0.962. The SMILES string of the molecule is COc1cc(/C=C2\C(=O)NC(=O)N(c3cccc(Cl)c3)C2=O)cc(Cl)c1OC. The smallest absolute Gasteiger partial charge is 0.335 e. The molecule has 4 amide bonds. The van der Waals surface area contributed by atoms with Gasteiger partial charge < -0.3 is 9.47 Å². The first-order valence-electron chi connectivity index (χ1n) is 7.94. The molecule has 1 N–H and O–H groups in total. The van der Waals surface area contributed by atoms with E-state index in [1.807, 2.05) is 0 Å². The Labute approximate surface area is 170 Å². The van der Waals surface area contributed by atoms with Crippen LogP contribution < -0.4 is 19.7 Å². The normalized spacial score (nSPS) is 15.6. The van der Waals surface area contributed by atoms with Gasteiger partial charge in [-0.3, -0.25) is 14.9 Å². The van der Waals surface area contributed by atoms with Crippen LogP contribution in [0.25, 0.3) is 6.08 Å². The number of halogens is 2. The van der Waals surface area contributed by atoms with E-state index < -0.39 is 17.8 Å². The van der Waals surface area contributed by atoms with Gasteiger partial charge in [0.15, 0.2) is 11.5 Å². The average molecular weight is 421 g/mol. The highest BCUT2D eigenvalue weighted by molar-refractivity contribution is 6.39. The van der Waals surface area contributed by atoms with Crippen LogP contribution >= 0.6 is 23.2 Å². The fraction of sp³-hybridized carbons (Fsp3) is 0.105. The number of barbiturate groups is 1. The van der Waals surface area contributed by atoms with Crippen LogP contribution in [-0.4, -0.2) is 32.1 Å². The molecule has 0 radical (unpaired) electrons. The number of nitrogens with one attached hydrogen (secondary N) is 1. The highest BCUT2D eigenvalue weighted by Crippen LogP contribution is 2.37. The minimum Gasteiger partial charge on any atom is -0.493 e. The van der Waals surface area contributed by atoms with E-state index in [9.17, 15) is 14.4 Å². The summed E-state index contributed by atoms with van der Waals surface area (Å²) in [4.78, 5) is 38.2. The number of hydrogen-bond acceptors (Lipinski definition) is 5. The number of ether oxygens (including phenoxy) is 2. The van der Waals surface area contributed by atoms with Crippen LogP contribution in [0.15, 0.2) is 42.0 Å². The highest BCUT2D eigenvalue weighted by Gasteiger charge is 2.37. The predicted molar refractivity (Wildman–Crippen MR) is 105 cm³/mol. The minimum atomic E-state index is -0.861. The molecule has 1 aliphatic heterocycles. The Hall–Kier alpha value is -3.03. The van der Waals surface area contributed by atoms with Crippen molar-refractivity contribution in [2.75, 3.05) is 19.1 Å². The zero-order valence-corrected chi connectivity index (χ0v) is 16.3. The van der Waals surface area contributed by atoms with Crippen molar-refractivity contribution < 1.29 is 23.9 Å². The lowest BCUT2D eigenvalue weighted by atomic mass is 10.1. The van der Waals surface area contributed by atoms with Gasteiger partial charge in [0.25, 0.3) is 11.8 Å². The van der Waals surface area contributed by atoms with Gasteiger partial charge in [0.1, 0.15) is 5.57 Å². The maximum atomic E-state index is 12.9. The van der Waals surface area contributed by atoms with Gasteiger partial charge in [-0.05, 0) is 42.0 Å². The van der Waals surface area contributed by atoms with E-state index in [0.717, 1.165) is 4.90 Å². The lowest BCUT2D eigenvalue weighted by molar-refractivity contribution is -0.122. The molecular formula is C19H14Cl2N2O5. The Morgan fingerprint density at radius 3 is 2.43 bits per heavy atom. The summed E-state index contributed by atoms with van der Waals surface area (Å²) in [5.41, 5.74) is 0.406. The molecule has 0 aliphatic carbocycles. The second kappa shape index (κ2) is 7.92. The molecule has 2 aromatic carbocycles. The summed E-state index contributed by atoms with van der Waals surface area (Å²) < 4.78 is 10.4. The quantitative estimate of drug-likeness (QED) is 0.602. The molecule has 28 heavy (non-hydrogen) atoms. The molecule has 0 atom stereocenters. The highest BCUT2D eigenvalue weighted by atomic mass is 35.5. The van der Waals surface area contributed by atoms with Crippen molar-refractivity contribution in [1.29, 1.82) is 0 Å². The van der Waals surface area contributed by atoms with Gasteiger partial charge in [-0.2, -0.15) is 0 Å². The maximum absolute atomic E-state index is 12.9. The third kappa shape index (κ3) is 3.67.